The third-order valence-corrected chi connectivity index (χ3v) is 2.97. The van der Waals surface area contributed by atoms with Gasteiger partial charge in [0.05, 0.1) is 19.4 Å². The van der Waals surface area contributed by atoms with Crippen LogP contribution in [0.15, 0.2) is 25.3 Å². The second kappa shape index (κ2) is 6.18. The lowest BCUT2D eigenvalue weighted by molar-refractivity contribution is 0.230. The SMILES string of the molecule is C=CCO[P@](=O)(CC=C)OCC. The maximum absolute atomic E-state index is 11.6. The monoisotopic (exact) mass is 190 g/mol. The first-order chi connectivity index (χ1) is 5.68. The summed E-state index contributed by atoms with van der Waals surface area (Å²) in [6.45, 7) is 9.32. The van der Waals surface area contributed by atoms with E-state index in [1.54, 1.807) is 6.92 Å². The van der Waals surface area contributed by atoms with Crippen LogP contribution in [0.5, 0.6) is 0 Å². The second-order valence-corrected chi connectivity index (χ2v) is 4.19. The van der Waals surface area contributed by atoms with Crippen LogP contribution in [0.3, 0.4) is 0 Å². The molecule has 0 aliphatic heterocycles. The Bertz CT molecular complexity index is 189. The molecule has 0 aliphatic rings. The van der Waals surface area contributed by atoms with E-state index in [1.165, 1.54) is 12.2 Å². The molecule has 0 aromatic heterocycles. The van der Waals surface area contributed by atoms with Gasteiger partial charge in [0.2, 0.25) is 0 Å². The predicted molar refractivity (Wildman–Crippen MR) is 50.4 cm³/mol. The van der Waals surface area contributed by atoms with Crippen LogP contribution in [0.2, 0.25) is 0 Å². The molecule has 12 heavy (non-hydrogen) atoms. The molecule has 0 aromatic carbocycles. The third kappa shape index (κ3) is 4.50. The van der Waals surface area contributed by atoms with Crippen LogP contribution >= 0.6 is 7.60 Å². The Balaban J connectivity index is 4.07. The molecule has 0 saturated heterocycles. The van der Waals surface area contributed by atoms with Crippen molar-refractivity contribution >= 4 is 7.60 Å². The molecular weight excluding hydrogens is 175 g/mol. The molecule has 70 valence electrons. The molecule has 0 spiro atoms. The summed E-state index contributed by atoms with van der Waals surface area (Å²) in [4.78, 5) is 0. The van der Waals surface area contributed by atoms with E-state index >= 15 is 0 Å². The van der Waals surface area contributed by atoms with Gasteiger partial charge in [-0.15, -0.1) is 13.2 Å². The minimum atomic E-state index is -2.93. The Morgan fingerprint density at radius 3 is 2.42 bits per heavy atom. The van der Waals surface area contributed by atoms with Crippen molar-refractivity contribution in [3.8, 4) is 0 Å². The zero-order valence-corrected chi connectivity index (χ0v) is 8.26. The summed E-state index contributed by atoms with van der Waals surface area (Å²) in [5, 5.41) is 0. The zero-order valence-electron chi connectivity index (χ0n) is 7.36. The lowest BCUT2D eigenvalue weighted by Crippen LogP contribution is -1.98. The van der Waals surface area contributed by atoms with E-state index in [2.05, 4.69) is 13.2 Å². The summed E-state index contributed by atoms with van der Waals surface area (Å²) in [6.07, 6.45) is 3.31. The average Bonchev–Trinajstić information content (AvgIpc) is 2.02. The Morgan fingerprint density at radius 1 is 1.33 bits per heavy atom. The lowest BCUT2D eigenvalue weighted by Gasteiger charge is -2.14. The molecule has 0 amide bonds. The predicted octanol–water partition coefficient (Wildman–Crippen LogP) is 2.60. The number of allylic oxidation sites excluding steroid dienone is 1. The van der Waals surface area contributed by atoms with Gasteiger partial charge in [0.25, 0.3) is 0 Å². The van der Waals surface area contributed by atoms with Crippen LogP contribution in [-0.2, 0) is 13.6 Å². The van der Waals surface area contributed by atoms with Crippen molar-refractivity contribution in [2.45, 2.75) is 6.92 Å². The molecule has 0 aromatic rings. The highest BCUT2D eigenvalue weighted by Crippen LogP contribution is 2.47. The Morgan fingerprint density at radius 2 is 2.00 bits per heavy atom. The molecule has 3 nitrogen and oxygen atoms in total. The third-order valence-electron chi connectivity index (χ3n) is 1.07. The molecule has 0 rings (SSSR count). The summed E-state index contributed by atoms with van der Waals surface area (Å²) in [5.41, 5.74) is 0. The van der Waals surface area contributed by atoms with E-state index in [0.29, 0.717) is 6.61 Å². The second-order valence-electron chi connectivity index (χ2n) is 2.08. The van der Waals surface area contributed by atoms with E-state index in [9.17, 15) is 4.57 Å². The van der Waals surface area contributed by atoms with Crippen molar-refractivity contribution in [2.24, 2.45) is 0 Å². The maximum atomic E-state index is 11.6. The average molecular weight is 190 g/mol. The van der Waals surface area contributed by atoms with Crippen molar-refractivity contribution in [2.75, 3.05) is 19.4 Å². The van der Waals surface area contributed by atoms with Gasteiger partial charge in [0, 0.05) is 0 Å². The fraction of sp³-hybridized carbons (Fsp3) is 0.500. The Labute approximate surface area is 73.6 Å². The smallest absolute Gasteiger partial charge is 0.309 e. The van der Waals surface area contributed by atoms with E-state index in [1.807, 2.05) is 0 Å². The van der Waals surface area contributed by atoms with E-state index < -0.39 is 7.60 Å². The highest BCUT2D eigenvalue weighted by molar-refractivity contribution is 7.54. The first kappa shape index (κ1) is 11.6. The summed E-state index contributed by atoms with van der Waals surface area (Å²) in [5.74, 6) is 0. The zero-order chi connectivity index (χ0) is 9.45. The summed E-state index contributed by atoms with van der Waals surface area (Å²) in [7, 11) is -2.93. The quantitative estimate of drug-likeness (QED) is 0.457. The van der Waals surface area contributed by atoms with Gasteiger partial charge in [-0.05, 0) is 6.92 Å². The van der Waals surface area contributed by atoms with Gasteiger partial charge in [-0.3, -0.25) is 4.57 Å². The van der Waals surface area contributed by atoms with Gasteiger partial charge in [-0.25, -0.2) is 0 Å². The first-order valence-corrected chi connectivity index (χ1v) is 5.51. The highest BCUT2D eigenvalue weighted by Gasteiger charge is 2.20. The van der Waals surface area contributed by atoms with Crippen LogP contribution in [0.1, 0.15) is 6.92 Å². The van der Waals surface area contributed by atoms with Crippen LogP contribution in [0.25, 0.3) is 0 Å². The van der Waals surface area contributed by atoms with E-state index in [4.69, 9.17) is 9.05 Å². The standard InChI is InChI=1S/C8H15O3P/c1-4-7-11-12(9,8-5-2)10-6-3/h4-5H,1-2,6-8H2,3H3/t12-/m0/s1. The molecule has 0 saturated carbocycles. The van der Waals surface area contributed by atoms with Crippen LogP contribution in [0, 0.1) is 0 Å². The van der Waals surface area contributed by atoms with Crippen molar-refractivity contribution in [3.05, 3.63) is 25.3 Å². The minimum absolute atomic E-state index is 0.241. The van der Waals surface area contributed by atoms with Gasteiger partial charge in [0.15, 0.2) is 0 Å². The highest BCUT2D eigenvalue weighted by atomic mass is 31.2. The molecule has 0 radical (unpaired) electrons. The van der Waals surface area contributed by atoms with Gasteiger partial charge in [-0.2, -0.15) is 0 Å². The molecule has 0 N–H and O–H groups in total. The minimum Gasteiger partial charge on any atom is -0.309 e. The maximum Gasteiger partial charge on any atom is 0.334 e. The lowest BCUT2D eigenvalue weighted by atomic mass is 10.7. The van der Waals surface area contributed by atoms with Crippen LogP contribution in [-0.4, -0.2) is 19.4 Å². The summed E-state index contributed by atoms with van der Waals surface area (Å²) in [6, 6.07) is 0. The van der Waals surface area contributed by atoms with Gasteiger partial charge in [0.1, 0.15) is 0 Å². The molecule has 0 heterocycles. The fourth-order valence-corrected chi connectivity index (χ4v) is 1.99. The molecule has 0 fully saturated rings. The summed E-state index contributed by atoms with van der Waals surface area (Å²) < 4.78 is 21.6. The van der Waals surface area contributed by atoms with E-state index in [0.717, 1.165) is 0 Å². The molecule has 0 bridgehead atoms. The van der Waals surface area contributed by atoms with Crippen LogP contribution in [0.4, 0.5) is 0 Å². The summed E-state index contributed by atoms with van der Waals surface area (Å²) >= 11 is 0. The Kier molecular flexibility index (Phi) is 5.99. The van der Waals surface area contributed by atoms with Crippen LogP contribution < -0.4 is 0 Å². The van der Waals surface area contributed by atoms with Gasteiger partial charge in [-0.1, -0.05) is 12.2 Å². The first-order valence-electron chi connectivity index (χ1n) is 3.78. The fourth-order valence-electron chi connectivity index (χ4n) is 0.664. The normalized spacial score (nSPS) is 15.1. The van der Waals surface area contributed by atoms with Crippen molar-refractivity contribution in [1.29, 1.82) is 0 Å². The van der Waals surface area contributed by atoms with Crippen molar-refractivity contribution in [3.63, 3.8) is 0 Å². The molecule has 4 heteroatoms. The molecule has 0 unspecified atom stereocenters. The molecule has 1 atom stereocenters. The van der Waals surface area contributed by atoms with E-state index in [-0.39, 0.29) is 12.8 Å². The van der Waals surface area contributed by atoms with Gasteiger partial charge < -0.3 is 9.05 Å². The largest absolute Gasteiger partial charge is 0.334 e. The number of hydrogen-bond acceptors (Lipinski definition) is 3. The van der Waals surface area contributed by atoms with Gasteiger partial charge >= 0.3 is 7.60 Å². The van der Waals surface area contributed by atoms with Crippen molar-refractivity contribution in [1.82, 2.24) is 0 Å². The van der Waals surface area contributed by atoms with Crippen molar-refractivity contribution < 1.29 is 13.6 Å². The Hall–Kier alpha value is -0.370. The molecule has 0 aliphatic carbocycles. The number of hydrogen-bond donors (Lipinski definition) is 0. The topological polar surface area (TPSA) is 35.5 Å². The number of rotatable bonds is 7. The molecular formula is C8H15O3P.